The largest absolute Gasteiger partial charge is 0.330 e. The van der Waals surface area contributed by atoms with Crippen molar-refractivity contribution in [2.45, 2.75) is 44.7 Å². The van der Waals surface area contributed by atoms with Gasteiger partial charge in [0.1, 0.15) is 0 Å². The van der Waals surface area contributed by atoms with E-state index >= 15 is 0 Å². The highest BCUT2D eigenvalue weighted by Crippen LogP contribution is 2.28. The van der Waals surface area contributed by atoms with Crippen LogP contribution in [-0.2, 0) is 6.54 Å². The third-order valence-electron chi connectivity index (χ3n) is 4.01. The quantitative estimate of drug-likeness (QED) is 0.845. The van der Waals surface area contributed by atoms with Crippen molar-refractivity contribution in [2.75, 3.05) is 6.54 Å². The molecule has 0 spiro atoms. The Hall–Kier alpha value is -1.89. The van der Waals surface area contributed by atoms with Gasteiger partial charge in [0.25, 0.3) is 5.56 Å². The van der Waals surface area contributed by atoms with Crippen molar-refractivity contribution in [1.82, 2.24) is 19.1 Å². The van der Waals surface area contributed by atoms with Crippen molar-refractivity contribution >= 4 is 11.2 Å². The molecule has 0 unspecified atom stereocenters. The van der Waals surface area contributed by atoms with Crippen LogP contribution in [0.5, 0.6) is 0 Å². The summed E-state index contributed by atoms with van der Waals surface area (Å²) in [6.07, 6.45) is 6.95. The van der Waals surface area contributed by atoms with E-state index in [1.54, 1.807) is 15.5 Å². The number of fused-ring (bicyclic) bond motifs is 1. The van der Waals surface area contributed by atoms with Gasteiger partial charge in [-0.2, -0.15) is 0 Å². The second-order valence-corrected chi connectivity index (χ2v) is 5.32. The zero-order valence-corrected chi connectivity index (χ0v) is 11.3. The SMILES string of the molecule is NCCn1cnc2c1c(=O)[nH]c(=O)n2C1CCCCC1. The van der Waals surface area contributed by atoms with E-state index in [0.717, 1.165) is 25.7 Å². The molecule has 0 bridgehead atoms. The molecule has 2 aromatic rings. The van der Waals surface area contributed by atoms with Crippen LogP contribution in [-0.4, -0.2) is 25.6 Å². The molecule has 0 saturated heterocycles. The molecule has 2 aromatic heterocycles. The lowest BCUT2D eigenvalue weighted by Gasteiger charge is -2.23. The van der Waals surface area contributed by atoms with Gasteiger partial charge in [-0.15, -0.1) is 0 Å². The van der Waals surface area contributed by atoms with E-state index in [1.807, 2.05) is 0 Å². The summed E-state index contributed by atoms with van der Waals surface area (Å²) in [5.74, 6) is 0. The van der Waals surface area contributed by atoms with Crippen molar-refractivity contribution in [2.24, 2.45) is 5.73 Å². The Morgan fingerprint density at radius 1 is 1.30 bits per heavy atom. The highest BCUT2D eigenvalue weighted by atomic mass is 16.2. The summed E-state index contributed by atoms with van der Waals surface area (Å²) in [5, 5.41) is 0. The van der Waals surface area contributed by atoms with Gasteiger partial charge in [0.2, 0.25) is 0 Å². The molecule has 0 amide bonds. The molecule has 0 radical (unpaired) electrons. The highest BCUT2D eigenvalue weighted by Gasteiger charge is 2.21. The monoisotopic (exact) mass is 277 g/mol. The molecule has 0 aromatic carbocycles. The van der Waals surface area contributed by atoms with Gasteiger partial charge < -0.3 is 10.3 Å². The van der Waals surface area contributed by atoms with Crippen LogP contribution >= 0.6 is 0 Å². The summed E-state index contributed by atoms with van der Waals surface area (Å²) in [6.45, 7) is 0.940. The lowest BCUT2D eigenvalue weighted by molar-refractivity contribution is 0.349. The lowest BCUT2D eigenvalue weighted by Crippen LogP contribution is -2.34. The first-order chi connectivity index (χ1) is 9.72. The molecule has 3 N–H and O–H groups in total. The highest BCUT2D eigenvalue weighted by molar-refractivity contribution is 5.70. The number of hydrogen-bond donors (Lipinski definition) is 2. The van der Waals surface area contributed by atoms with Crippen LogP contribution in [0.2, 0.25) is 0 Å². The molecular weight excluding hydrogens is 258 g/mol. The average Bonchev–Trinajstić information content (AvgIpc) is 2.84. The van der Waals surface area contributed by atoms with Gasteiger partial charge in [-0.3, -0.25) is 14.3 Å². The van der Waals surface area contributed by atoms with Crippen LogP contribution in [0.4, 0.5) is 0 Å². The Morgan fingerprint density at radius 2 is 2.05 bits per heavy atom. The predicted molar refractivity (Wildman–Crippen MR) is 75.8 cm³/mol. The Labute approximate surface area is 115 Å². The normalized spacial score (nSPS) is 16.9. The van der Waals surface area contributed by atoms with Gasteiger partial charge in [-0.25, -0.2) is 9.78 Å². The number of nitrogens with one attached hydrogen (secondary N) is 1. The summed E-state index contributed by atoms with van der Waals surface area (Å²) in [5.41, 5.74) is 5.73. The maximum absolute atomic E-state index is 12.2. The number of H-pyrrole nitrogens is 1. The van der Waals surface area contributed by atoms with Gasteiger partial charge in [-0.05, 0) is 12.8 Å². The third kappa shape index (κ3) is 2.07. The molecule has 7 heteroatoms. The number of rotatable bonds is 3. The molecule has 0 atom stereocenters. The van der Waals surface area contributed by atoms with E-state index < -0.39 is 0 Å². The van der Waals surface area contributed by atoms with Crippen LogP contribution in [0, 0.1) is 0 Å². The maximum Gasteiger partial charge on any atom is 0.330 e. The number of nitrogens with zero attached hydrogens (tertiary/aromatic N) is 3. The molecule has 20 heavy (non-hydrogen) atoms. The zero-order chi connectivity index (χ0) is 14.1. The minimum absolute atomic E-state index is 0.136. The molecule has 108 valence electrons. The maximum atomic E-state index is 12.2. The molecule has 1 saturated carbocycles. The van der Waals surface area contributed by atoms with Gasteiger partial charge in [-0.1, -0.05) is 19.3 Å². The number of aromatic nitrogens is 4. The van der Waals surface area contributed by atoms with Crippen LogP contribution in [0.3, 0.4) is 0 Å². The molecule has 7 nitrogen and oxygen atoms in total. The fourth-order valence-electron chi connectivity index (χ4n) is 3.08. The van der Waals surface area contributed by atoms with E-state index in [4.69, 9.17) is 5.73 Å². The fraction of sp³-hybridized carbons (Fsp3) is 0.615. The molecule has 2 heterocycles. The van der Waals surface area contributed by atoms with Gasteiger partial charge in [0, 0.05) is 19.1 Å². The molecule has 3 rings (SSSR count). The van der Waals surface area contributed by atoms with Gasteiger partial charge in [0.15, 0.2) is 11.2 Å². The minimum atomic E-state index is -0.386. The second-order valence-electron chi connectivity index (χ2n) is 5.32. The smallest absolute Gasteiger partial charge is 0.329 e. The summed E-state index contributed by atoms with van der Waals surface area (Å²) < 4.78 is 3.37. The van der Waals surface area contributed by atoms with E-state index in [0.29, 0.717) is 24.3 Å². The first-order valence-corrected chi connectivity index (χ1v) is 7.12. The summed E-state index contributed by atoms with van der Waals surface area (Å²) >= 11 is 0. The molecule has 1 aliphatic rings. The van der Waals surface area contributed by atoms with Crippen molar-refractivity contribution in [3.8, 4) is 0 Å². The minimum Gasteiger partial charge on any atom is -0.329 e. The van der Waals surface area contributed by atoms with Crippen LogP contribution < -0.4 is 17.0 Å². The van der Waals surface area contributed by atoms with Crippen LogP contribution in [0.1, 0.15) is 38.1 Å². The zero-order valence-electron chi connectivity index (χ0n) is 11.3. The first-order valence-electron chi connectivity index (χ1n) is 7.12. The van der Waals surface area contributed by atoms with Crippen molar-refractivity contribution in [3.05, 3.63) is 27.2 Å². The molecule has 0 aliphatic heterocycles. The molecular formula is C13H19N5O2. The van der Waals surface area contributed by atoms with Crippen molar-refractivity contribution in [1.29, 1.82) is 0 Å². The molecule has 1 aliphatic carbocycles. The van der Waals surface area contributed by atoms with E-state index in [-0.39, 0.29) is 17.3 Å². The van der Waals surface area contributed by atoms with Crippen LogP contribution in [0.15, 0.2) is 15.9 Å². The van der Waals surface area contributed by atoms with Crippen molar-refractivity contribution < 1.29 is 0 Å². The number of aromatic amines is 1. The van der Waals surface area contributed by atoms with E-state index in [2.05, 4.69) is 9.97 Å². The average molecular weight is 277 g/mol. The number of hydrogen-bond acceptors (Lipinski definition) is 4. The topological polar surface area (TPSA) is 98.7 Å². The first kappa shape index (κ1) is 13.1. The van der Waals surface area contributed by atoms with Crippen LogP contribution in [0.25, 0.3) is 11.2 Å². The summed E-state index contributed by atoms with van der Waals surface area (Å²) in [7, 11) is 0. The van der Waals surface area contributed by atoms with Gasteiger partial charge in [0.05, 0.1) is 6.33 Å². The van der Waals surface area contributed by atoms with E-state index in [9.17, 15) is 9.59 Å². The Kier molecular flexibility index (Phi) is 3.43. The second kappa shape index (κ2) is 5.24. The fourth-order valence-corrected chi connectivity index (χ4v) is 3.08. The third-order valence-corrected chi connectivity index (χ3v) is 4.01. The summed E-state index contributed by atoms with van der Waals surface area (Å²) in [4.78, 5) is 30.9. The molecule has 1 fully saturated rings. The standard InChI is InChI=1S/C13H19N5O2/c14-6-7-17-8-15-11-10(17)12(19)16-13(20)18(11)9-4-2-1-3-5-9/h8-9H,1-7,14H2,(H,16,19,20). The predicted octanol–water partition coefficient (Wildman–Crippen LogP) is 0.350. The Balaban J connectivity index is 2.21. The Bertz CT molecular complexity index is 720. The Morgan fingerprint density at radius 3 is 2.75 bits per heavy atom. The number of nitrogens with two attached hydrogens (primary N) is 1. The number of imidazole rings is 1. The van der Waals surface area contributed by atoms with Gasteiger partial charge >= 0.3 is 5.69 Å². The van der Waals surface area contributed by atoms with E-state index in [1.165, 1.54) is 6.42 Å². The summed E-state index contributed by atoms with van der Waals surface area (Å²) in [6, 6.07) is 0.136. The van der Waals surface area contributed by atoms with Crippen molar-refractivity contribution in [3.63, 3.8) is 0 Å². The lowest BCUT2D eigenvalue weighted by atomic mass is 9.95.